The lowest BCUT2D eigenvalue weighted by molar-refractivity contribution is 0.136. The molecule has 3 aromatic rings. The second kappa shape index (κ2) is 7.75. The van der Waals surface area contributed by atoms with Crippen molar-refractivity contribution in [3.05, 3.63) is 63.3 Å². The zero-order chi connectivity index (χ0) is 18.7. The largest absolute Gasteiger partial charge is 0.486 e. The average molecular weight is 403 g/mol. The van der Waals surface area contributed by atoms with E-state index in [1.54, 1.807) is 12.1 Å². The van der Waals surface area contributed by atoms with Crippen LogP contribution >= 0.6 is 23.8 Å². The molecule has 136 valence electrons. The smallest absolute Gasteiger partial charge is 0.299 e. The molecule has 6 nitrogen and oxygen atoms in total. The Morgan fingerprint density at radius 1 is 1.38 bits per heavy atom. The van der Waals surface area contributed by atoms with Crippen LogP contribution in [0.3, 0.4) is 0 Å². The molecule has 0 saturated carbocycles. The van der Waals surface area contributed by atoms with Gasteiger partial charge in [0.2, 0.25) is 10.6 Å². The number of H-pyrrole nitrogens is 1. The normalized spacial score (nSPS) is 11.6. The van der Waals surface area contributed by atoms with Gasteiger partial charge in [0.15, 0.2) is 0 Å². The molecule has 0 bridgehead atoms. The molecule has 0 aliphatic rings. The van der Waals surface area contributed by atoms with Crippen molar-refractivity contribution in [3.8, 4) is 5.75 Å². The molecule has 1 N–H and O–H groups in total. The SMILES string of the molecule is Fc1ccc(OCc2ccc(/C=N/n3c(C(F)F)n[nH]c3=S)o2)cc1Cl. The number of furan rings is 1. The van der Waals surface area contributed by atoms with Crippen LogP contribution in [0.2, 0.25) is 5.02 Å². The highest BCUT2D eigenvalue weighted by atomic mass is 35.5. The summed E-state index contributed by atoms with van der Waals surface area (Å²) in [6.45, 7) is 0.0588. The number of ether oxygens (including phenoxy) is 1. The Kier molecular flexibility index (Phi) is 5.43. The van der Waals surface area contributed by atoms with E-state index in [2.05, 4.69) is 15.3 Å². The first kappa shape index (κ1) is 18.2. The number of aromatic nitrogens is 3. The summed E-state index contributed by atoms with van der Waals surface area (Å²) in [7, 11) is 0. The third-order valence-corrected chi connectivity index (χ3v) is 3.68. The van der Waals surface area contributed by atoms with Gasteiger partial charge in [-0.3, -0.25) is 0 Å². The van der Waals surface area contributed by atoms with E-state index in [-0.39, 0.29) is 16.4 Å². The molecule has 2 aromatic heterocycles. The first-order valence-corrected chi connectivity index (χ1v) is 7.89. The predicted molar refractivity (Wildman–Crippen MR) is 89.8 cm³/mol. The van der Waals surface area contributed by atoms with Gasteiger partial charge in [0, 0.05) is 6.07 Å². The van der Waals surface area contributed by atoms with Crippen molar-refractivity contribution < 1.29 is 22.3 Å². The average Bonchev–Trinajstić information content (AvgIpc) is 3.20. The van der Waals surface area contributed by atoms with Crippen molar-refractivity contribution in [2.75, 3.05) is 0 Å². The number of alkyl halides is 2. The number of hydrogen-bond donors (Lipinski definition) is 1. The summed E-state index contributed by atoms with van der Waals surface area (Å²) >= 11 is 10.5. The molecule has 0 radical (unpaired) electrons. The fraction of sp³-hybridized carbons (Fsp3) is 0.133. The number of nitrogens with zero attached hydrogens (tertiary/aromatic N) is 3. The van der Waals surface area contributed by atoms with Crippen molar-refractivity contribution in [3.63, 3.8) is 0 Å². The molecule has 1 aromatic carbocycles. The van der Waals surface area contributed by atoms with Crippen molar-refractivity contribution >= 4 is 30.0 Å². The Balaban J connectivity index is 1.67. The predicted octanol–water partition coefficient (Wildman–Crippen LogP) is 4.72. The van der Waals surface area contributed by atoms with Crippen molar-refractivity contribution in [1.82, 2.24) is 14.9 Å². The number of hydrogen-bond acceptors (Lipinski definition) is 5. The van der Waals surface area contributed by atoms with Gasteiger partial charge < -0.3 is 9.15 Å². The maximum atomic E-state index is 13.1. The number of rotatable bonds is 6. The van der Waals surface area contributed by atoms with Crippen molar-refractivity contribution in [2.45, 2.75) is 13.0 Å². The number of benzene rings is 1. The third kappa shape index (κ3) is 4.14. The monoisotopic (exact) mass is 402 g/mol. The molecule has 0 amide bonds. The topological polar surface area (TPSA) is 68.3 Å². The lowest BCUT2D eigenvalue weighted by Gasteiger charge is -2.04. The number of aromatic amines is 1. The fourth-order valence-corrected chi connectivity index (χ4v) is 2.29. The summed E-state index contributed by atoms with van der Waals surface area (Å²) in [6.07, 6.45) is -1.61. The highest BCUT2D eigenvalue weighted by Crippen LogP contribution is 2.22. The van der Waals surface area contributed by atoms with Gasteiger partial charge in [0.1, 0.15) is 29.7 Å². The van der Waals surface area contributed by atoms with Crippen LogP contribution in [0, 0.1) is 10.6 Å². The van der Waals surface area contributed by atoms with E-state index in [1.807, 2.05) is 0 Å². The minimum atomic E-state index is -2.83. The first-order valence-electron chi connectivity index (χ1n) is 7.10. The van der Waals surface area contributed by atoms with Gasteiger partial charge in [-0.25, -0.2) is 18.3 Å². The Hall–Kier alpha value is -2.59. The molecular formula is C15H10ClF3N4O2S. The van der Waals surface area contributed by atoms with Gasteiger partial charge >= 0.3 is 0 Å². The summed E-state index contributed by atoms with van der Waals surface area (Å²) in [5.74, 6) is -0.0405. The molecule has 2 heterocycles. The maximum absolute atomic E-state index is 13.1. The molecule has 0 saturated heterocycles. The van der Waals surface area contributed by atoms with Gasteiger partial charge in [-0.05, 0) is 36.5 Å². The van der Waals surface area contributed by atoms with Crippen LogP contribution in [-0.2, 0) is 6.61 Å². The number of nitrogens with one attached hydrogen (secondary N) is 1. The van der Waals surface area contributed by atoms with E-state index in [1.165, 1.54) is 24.4 Å². The molecule has 0 aliphatic carbocycles. The van der Waals surface area contributed by atoms with E-state index in [0.717, 1.165) is 4.68 Å². The van der Waals surface area contributed by atoms with Crippen molar-refractivity contribution in [1.29, 1.82) is 0 Å². The minimum absolute atomic E-state index is 0.0542. The van der Waals surface area contributed by atoms with Gasteiger partial charge in [-0.2, -0.15) is 14.9 Å². The quantitative estimate of drug-likeness (QED) is 0.478. The zero-order valence-corrected chi connectivity index (χ0v) is 14.4. The summed E-state index contributed by atoms with van der Waals surface area (Å²) in [4.78, 5) is 0. The van der Waals surface area contributed by atoms with Crippen LogP contribution in [0.15, 0.2) is 39.9 Å². The number of halogens is 4. The van der Waals surface area contributed by atoms with Crippen LogP contribution in [-0.4, -0.2) is 21.1 Å². The standard InChI is InChI=1S/C15H10ClF3N4O2S/c16-11-5-8(3-4-12(11)17)24-7-10-2-1-9(25-10)6-20-23-14(13(18)19)21-22-15(23)26/h1-6,13H,7H2,(H,22,26)/b20-6+. The van der Waals surface area contributed by atoms with E-state index >= 15 is 0 Å². The molecule has 0 unspecified atom stereocenters. The summed E-state index contributed by atoms with van der Waals surface area (Å²) in [5.41, 5.74) is 0. The zero-order valence-electron chi connectivity index (χ0n) is 12.8. The Morgan fingerprint density at radius 2 is 2.19 bits per heavy atom. The van der Waals surface area contributed by atoms with E-state index in [0.29, 0.717) is 17.3 Å². The molecular weight excluding hydrogens is 393 g/mol. The lowest BCUT2D eigenvalue weighted by atomic mass is 10.3. The molecule has 0 fully saturated rings. The molecule has 11 heteroatoms. The summed E-state index contributed by atoms with van der Waals surface area (Å²) in [6, 6.07) is 7.15. The van der Waals surface area contributed by atoms with Crippen LogP contribution in [0.5, 0.6) is 5.75 Å². The highest BCUT2D eigenvalue weighted by molar-refractivity contribution is 7.71. The maximum Gasteiger partial charge on any atom is 0.299 e. The Morgan fingerprint density at radius 3 is 2.92 bits per heavy atom. The third-order valence-electron chi connectivity index (χ3n) is 3.13. The van der Waals surface area contributed by atoms with E-state index in [4.69, 9.17) is 33.0 Å². The van der Waals surface area contributed by atoms with E-state index in [9.17, 15) is 13.2 Å². The first-order chi connectivity index (χ1) is 12.4. The molecule has 0 aliphatic heterocycles. The fourth-order valence-electron chi connectivity index (χ4n) is 1.93. The molecule has 3 rings (SSSR count). The van der Waals surface area contributed by atoms with Crippen LogP contribution in [0.25, 0.3) is 0 Å². The second-order valence-corrected chi connectivity index (χ2v) is 5.71. The van der Waals surface area contributed by atoms with Crippen LogP contribution in [0.4, 0.5) is 13.2 Å². The lowest BCUT2D eigenvalue weighted by Crippen LogP contribution is -1.99. The van der Waals surface area contributed by atoms with Crippen LogP contribution < -0.4 is 4.74 Å². The molecule has 0 atom stereocenters. The van der Waals surface area contributed by atoms with Gasteiger partial charge in [-0.1, -0.05) is 11.6 Å². The van der Waals surface area contributed by atoms with Gasteiger partial charge in [0.25, 0.3) is 6.43 Å². The van der Waals surface area contributed by atoms with E-state index < -0.39 is 18.1 Å². The minimum Gasteiger partial charge on any atom is -0.486 e. The molecule has 0 spiro atoms. The summed E-state index contributed by atoms with van der Waals surface area (Å²) < 4.78 is 50.3. The van der Waals surface area contributed by atoms with Crippen LogP contribution in [0.1, 0.15) is 23.8 Å². The van der Waals surface area contributed by atoms with Gasteiger partial charge in [-0.15, -0.1) is 0 Å². The van der Waals surface area contributed by atoms with Gasteiger partial charge in [0.05, 0.1) is 11.2 Å². The second-order valence-electron chi connectivity index (χ2n) is 4.91. The summed E-state index contributed by atoms with van der Waals surface area (Å²) in [5, 5.41) is 9.42. The Bertz CT molecular complexity index is 999. The highest BCUT2D eigenvalue weighted by Gasteiger charge is 2.16. The van der Waals surface area contributed by atoms with Crippen molar-refractivity contribution in [2.24, 2.45) is 5.10 Å². The Labute approximate surface area is 154 Å². The molecule has 26 heavy (non-hydrogen) atoms.